The van der Waals surface area contributed by atoms with Crippen molar-refractivity contribution in [1.82, 2.24) is 0 Å². The highest BCUT2D eigenvalue weighted by Crippen LogP contribution is 2.30. The summed E-state index contributed by atoms with van der Waals surface area (Å²) in [6, 6.07) is 9.18. The van der Waals surface area contributed by atoms with Gasteiger partial charge in [-0.2, -0.15) is 0 Å². The number of nitrogens with zero attached hydrogens (tertiary/aromatic N) is 1. The number of benzene rings is 2. The molecular weight excluding hydrogens is 239 g/mol. The van der Waals surface area contributed by atoms with Crippen LogP contribution in [0, 0.1) is 15.9 Å². The maximum atomic E-state index is 12.7. The van der Waals surface area contributed by atoms with Gasteiger partial charge in [-0.25, -0.2) is 4.39 Å². The fourth-order valence-electron chi connectivity index (χ4n) is 1.47. The normalized spacial score (nSPS) is 10.1. The number of nitro groups is 1. The Morgan fingerprint density at radius 1 is 1.17 bits per heavy atom. The van der Waals surface area contributed by atoms with Crippen LogP contribution in [0.5, 0.6) is 5.75 Å². The molecule has 0 radical (unpaired) electrons. The molecule has 0 aliphatic carbocycles. The van der Waals surface area contributed by atoms with Crippen molar-refractivity contribution in [3.8, 4) is 5.75 Å². The zero-order chi connectivity index (χ0) is 13.1. The maximum absolute atomic E-state index is 12.7. The van der Waals surface area contributed by atoms with E-state index in [0.29, 0.717) is 5.69 Å². The van der Waals surface area contributed by atoms with Crippen LogP contribution in [0.1, 0.15) is 0 Å². The summed E-state index contributed by atoms with van der Waals surface area (Å²) < 4.78 is 12.7. The molecule has 18 heavy (non-hydrogen) atoms. The van der Waals surface area contributed by atoms with Crippen LogP contribution in [0.3, 0.4) is 0 Å². The van der Waals surface area contributed by atoms with E-state index < -0.39 is 4.92 Å². The molecule has 0 aliphatic rings. The first-order chi connectivity index (χ1) is 8.56. The lowest BCUT2D eigenvalue weighted by atomic mass is 10.2. The van der Waals surface area contributed by atoms with Gasteiger partial charge in [-0.3, -0.25) is 10.1 Å². The van der Waals surface area contributed by atoms with Crippen molar-refractivity contribution in [3.05, 3.63) is 58.4 Å². The third kappa shape index (κ3) is 2.54. The summed E-state index contributed by atoms with van der Waals surface area (Å²) in [6.07, 6.45) is 0. The fourth-order valence-corrected chi connectivity index (χ4v) is 1.47. The molecule has 0 aliphatic heterocycles. The molecule has 0 fully saturated rings. The lowest BCUT2D eigenvalue weighted by Crippen LogP contribution is -1.96. The third-order valence-electron chi connectivity index (χ3n) is 2.30. The van der Waals surface area contributed by atoms with Crippen molar-refractivity contribution in [1.29, 1.82) is 0 Å². The smallest absolute Gasteiger partial charge is 0.296 e. The van der Waals surface area contributed by atoms with E-state index >= 15 is 0 Å². The minimum absolute atomic E-state index is 0.189. The zero-order valence-electron chi connectivity index (χ0n) is 9.13. The Kier molecular flexibility index (Phi) is 3.09. The van der Waals surface area contributed by atoms with E-state index in [1.54, 1.807) is 0 Å². The van der Waals surface area contributed by atoms with E-state index in [1.807, 2.05) is 0 Å². The summed E-state index contributed by atoms with van der Waals surface area (Å²) in [5, 5.41) is 22.8. The van der Waals surface area contributed by atoms with Crippen molar-refractivity contribution in [2.75, 3.05) is 5.32 Å². The SMILES string of the molecule is O=[N+]([O-])c1cc(O)ccc1Nc1ccc(F)cc1. The maximum Gasteiger partial charge on any atom is 0.296 e. The Morgan fingerprint density at radius 2 is 1.83 bits per heavy atom. The molecule has 0 unspecified atom stereocenters. The number of rotatable bonds is 3. The van der Waals surface area contributed by atoms with E-state index in [-0.39, 0.29) is 22.9 Å². The molecule has 0 bridgehead atoms. The highest BCUT2D eigenvalue weighted by atomic mass is 19.1. The van der Waals surface area contributed by atoms with E-state index in [4.69, 9.17) is 0 Å². The monoisotopic (exact) mass is 248 g/mol. The first-order valence-electron chi connectivity index (χ1n) is 5.06. The van der Waals surface area contributed by atoms with Crippen molar-refractivity contribution in [2.24, 2.45) is 0 Å². The van der Waals surface area contributed by atoms with E-state index in [2.05, 4.69) is 5.32 Å². The molecular formula is C12H9FN2O3. The number of hydrogen-bond acceptors (Lipinski definition) is 4. The van der Waals surface area contributed by atoms with Gasteiger partial charge < -0.3 is 10.4 Å². The number of halogens is 1. The minimum Gasteiger partial charge on any atom is -0.508 e. The molecule has 2 rings (SSSR count). The average Bonchev–Trinajstić information content (AvgIpc) is 2.34. The minimum atomic E-state index is -0.606. The van der Waals surface area contributed by atoms with Gasteiger partial charge in [0.2, 0.25) is 0 Å². The summed E-state index contributed by atoms with van der Waals surface area (Å²) in [5.41, 5.74) is 0.494. The molecule has 0 saturated carbocycles. The Balaban J connectivity index is 2.34. The molecule has 0 saturated heterocycles. The quantitative estimate of drug-likeness (QED) is 0.497. The summed E-state index contributed by atoms with van der Waals surface area (Å²) in [7, 11) is 0. The first kappa shape index (κ1) is 11.8. The van der Waals surface area contributed by atoms with Crippen LogP contribution in [0.2, 0.25) is 0 Å². The van der Waals surface area contributed by atoms with Gasteiger partial charge in [0.25, 0.3) is 5.69 Å². The molecule has 6 heteroatoms. The van der Waals surface area contributed by atoms with Gasteiger partial charge in [0.1, 0.15) is 17.3 Å². The second-order valence-corrected chi connectivity index (χ2v) is 3.59. The van der Waals surface area contributed by atoms with Crippen molar-refractivity contribution in [3.63, 3.8) is 0 Å². The van der Waals surface area contributed by atoms with E-state index in [1.165, 1.54) is 36.4 Å². The molecule has 0 heterocycles. The molecule has 0 atom stereocenters. The topological polar surface area (TPSA) is 75.4 Å². The Hall–Kier alpha value is -2.63. The highest BCUT2D eigenvalue weighted by Gasteiger charge is 2.14. The molecule has 92 valence electrons. The highest BCUT2D eigenvalue weighted by molar-refractivity contribution is 5.70. The standard InChI is InChI=1S/C12H9FN2O3/c13-8-1-3-9(4-2-8)14-11-6-5-10(16)7-12(11)15(17)18/h1-7,14,16H. The van der Waals surface area contributed by atoms with Gasteiger partial charge in [0.05, 0.1) is 11.0 Å². The number of nitrogens with one attached hydrogen (secondary N) is 1. The van der Waals surface area contributed by atoms with Gasteiger partial charge in [0.15, 0.2) is 0 Å². The van der Waals surface area contributed by atoms with Gasteiger partial charge in [0, 0.05) is 5.69 Å². The molecule has 0 amide bonds. The van der Waals surface area contributed by atoms with Crippen LogP contribution >= 0.6 is 0 Å². The predicted molar refractivity (Wildman–Crippen MR) is 64.4 cm³/mol. The van der Waals surface area contributed by atoms with Crippen molar-refractivity contribution < 1.29 is 14.4 Å². The molecule has 0 aromatic heterocycles. The first-order valence-corrected chi connectivity index (χ1v) is 5.06. The lowest BCUT2D eigenvalue weighted by Gasteiger charge is -2.07. The van der Waals surface area contributed by atoms with Crippen LogP contribution in [0.4, 0.5) is 21.5 Å². The second-order valence-electron chi connectivity index (χ2n) is 3.59. The Morgan fingerprint density at radius 3 is 2.44 bits per heavy atom. The molecule has 0 spiro atoms. The predicted octanol–water partition coefficient (Wildman–Crippen LogP) is 3.18. The number of hydrogen-bond donors (Lipinski definition) is 2. The number of nitro benzene ring substituents is 1. The van der Waals surface area contributed by atoms with E-state index in [9.17, 15) is 19.6 Å². The van der Waals surface area contributed by atoms with Crippen molar-refractivity contribution >= 4 is 17.1 Å². The van der Waals surface area contributed by atoms with Gasteiger partial charge in [-0.05, 0) is 36.4 Å². The zero-order valence-corrected chi connectivity index (χ0v) is 9.13. The summed E-state index contributed by atoms with van der Waals surface area (Å²) in [6.45, 7) is 0. The third-order valence-corrected chi connectivity index (χ3v) is 2.30. The summed E-state index contributed by atoms with van der Waals surface area (Å²) >= 11 is 0. The van der Waals surface area contributed by atoms with Crippen LogP contribution in [-0.4, -0.2) is 10.0 Å². The second kappa shape index (κ2) is 4.70. The van der Waals surface area contributed by atoms with Crippen LogP contribution in [0.15, 0.2) is 42.5 Å². The molecule has 2 aromatic rings. The molecule has 2 aromatic carbocycles. The van der Waals surface area contributed by atoms with E-state index in [0.717, 1.165) is 6.07 Å². The average molecular weight is 248 g/mol. The number of phenols is 1. The van der Waals surface area contributed by atoms with Gasteiger partial charge >= 0.3 is 0 Å². The number of phenolic OH excluding ortho intramolecular Hbond substituents is 1. The summed E-state index contributed by atoms with van der Waals surface area (Å²) in [4.78, 5) is 10.2. The van der Waals surface area contributed by atoms with Crippen LogP contribution in [0.25, 0.3) is 0 Å². The molecule has 2 N–H and O–H groups in total. The van der Waals surface area contributed by atoms with Crippen LogP contribution < -0.4 is 5.32 Å². The Bertz CT molecular complexity index is 584. The Labute approximate surface area is 102 Å². The summed E-state index contributed by atoms with van der Waals surface area (Å²) in [5.74, 6) is -0.577. The lowest BCUT2D eigenvalue weighted by molar-refractivity contribution is -0.384. The van der Waals surface area contributed by atoms with Crippen molar-refractivity contribution in [2.45, 2.75) is 0 Å². The fraction of sp³-hybridized carbons (Fsp3) is 0. The number of anilines is 2. The van der Waals surface area contributed by atoms with Gasteiger partial charge in [-0.15, -0.1) is 0 Å². The van der Waals surface area contributed by atoms with Gasteiger partial charge in [-0.1, -0.05) is 0 Å². The largest absolute Gasteiger partial charge is 0.508 e. The van der Waals surface area contributed by atoms with Crippen LogP contribution in [-0.2, 0) is 0 Å². The molecule has 5 nitrogen and oxygen atoms in total. The number of aromatic hydroxyl groups is 1.